The Bertz CT molecular complexity index is 2820. The van der Waals surface area contributed by atoms with Gasteiger partial charge in [-0.2, -0.15) is 67.6 Å². The van der Waals surface area contributed by atoms with Gasteiger partial charge in [-0.3, -0.25) is 9.59 Å². The van der Waals surface area contributed by atoms with E-state index < -0.39 is 12.2 Å². The van der Waals surface area contributed by atoms with Gasteiger partial charge in [-0.25, -0.2) is 0 Å². The van der Waals surface area contributed by atoms with Crippen LogP contribution in [0.5, 0.6) is 0 Å². The fourth-order valence-corrected chi connectivity index (χ4v) is 21.2. The minimum absolute atomic E-state index is 0. The monoisotopic (exact) mass is 1640 g/mol. The number of aliphatic hydroxyl groups excluding tert-OH is 2. The van der Waals surface area contributed by atoms with E-state index in [1.54, 1.807) is 55.5 Å². The van der Waals surface area contributed by atoms with Crippen LogP contribution in [-0.2, 0) is 78.3 Å². The Balaban J connectivity index is 0.00000140. The van der Waals surface area contributed by atoms with Gasteiger partial charge < -0.3 is 24.6 Å². The summed E-state index contributed by atoms with van der Waals surface area (Å²) in [4.78, 5) is 23.7. The number of rotatable bonds is 30. The number of hydrogen-bond acceptors (Lipinski definition) is 8. The molecule has 0 spiro atoms. The number of unbranched alkanes of at least 4 members (excludes halogenated alkanes) is 4. The molecule has 8 rings (SSSR count). The SMILES string of the molecule is CCC.CCCCCC1(C(O)c2ccc(CC(C)(C(C)C(C)C)C(C)C(C)C(C)C)cc2)SCCCS1.CCCCCC1(C(O)c2ccc(CC(C)(C(C)C(C)C)C(C)C(C)C(C)C)cc2)SCCCS1.O=C(c1cc[c-]cc1)c1ccccc1.O=C(c1cc[c-]cc1)c1ccccc1.[CH2-]C.[CH3-].[Y].[Y]. The van der Waals surface area contributed by atoms with Gasteiger partial charge in [-0.15, -0.1) is 47.0 Å². The molecule has 2 saturated heterocycles. The Hall–Kier alpha value is -1.81. The molecule has 4 nitrogen and oxygen atoms in total. The van der Waals surface area contributed by atoms with Crippen molar-refractivity contribution in [1.82, 2.24) is 0 Å². The van der Waals surface area contributed by atoms with E-state index in [1.807, 2.05) is 108 Å². The summed E-state index contributed by atoms with van der Waals surface area (Å²) in [5, 5.41) is 23.1. The van der Waals surface area contributed by atoms with E-state index in [4.69, 9.17) is 0 Å². The van der Waals surface area contributed by atoms with Gasteiger partial charge in [0.05, 0.1) is 8.16 Å². The van der Waals surface area contributed by atoms with Crippen LogP contribution in [0.25, 0.3) is 0 Å². The quantitative estimate of drug-likeness (QED) is 0.0263. The average Bonchev–Trinajstić information content (AvgIpc) is 0.797. The number of thioether (sulfide) groups is 4. The first-order valence-electron chi connectivity index (χ1n) is 39.1. The topological polar surface area (TPSA) is 74.6 Å². The van der Waals surface area contributed by atoms with Crippen molar-refractivity contribution in [3.63, 3.8) is 0 Å². The van der Waals surface area contributed by atoms with E-state index >= 15 is 0 Å². The van der Waals surface area contributed by atoms with Crippen LogP contribution in [0.4, 0.5) is 0 Å². The van der Waals surface area contributed by atoms with Gasteiger partial charge in [-0.1, -0.05) is 304 Å². The summed E-state index contributed by atoms with van der Waals surface area (Å²) >= 11 is 8.03. The third-order valence-corrected chi connectivity index (χ3v) is 29.7. The molecule has 10 unspecified atom stereocenters. The second-order valence-corrected chi connectivity index (χ2v) is 37.0. The summed E-state index contributed by atoms with van der Waals surface area (Å²) in [7, 11) is 0. The summed E-state index contributed by atoms with van der Waals surface area (Å²) < 4.78 is -0.145. The van der Waals surface area contributed by atoms with E-state index in [2.05, 4.69) is 206 Å². The molecule has 10 atom stereocenters. The van der Waals surface area contributed by atoms with Crippen LogP contribution in [0.2, 0.25) is 0 Å². The van der Waals surface area contributed by atoms with Crippen molar-refractivity contribution in [1.29, 1.82) is 0 Å². The van der Waals surface area contributed by atoms with Crippen LogP contribution < -0.4 is 0 Å². The molecule has 0 amide bonds. The van der Waals surface area contributed by atoms with Crippen molar-refractivity contribution in [2.75, 3.05) is 23.0 Å². The molecule has 0 aromatic heterocycles. The summed E-state index contributed by atoms with van der Waals surface area (Å²) in [6, 6.07) is 56.6. The maximum absolute atomic E-state index is 11.8. The van der Waals surface area contributed by atoms with Crippen LogP contribution >= 0.6 is 47.0 Å². The maximum atomic E-state index is 11.8. The molecular formula is C94H142O4S4Y2-4. The van der Waals surface area contributed by atoms with Crippen molar-refractivity contribution in [2.24, 2.45) is 70.0 Å². The molecular weight excluding hydrogens is 1500 g/mol. The van der Waals surface area contributed by atoms with Crippen LogP contribution in [0.3, 0.4) is 0 Å². The van der Waals surface area contributed by atoms with Crippen LogP contribution in [0.1, 0.15) is 282 Å². The zero-order chi connectivity index (χ0) is 75.3. The largest absolute Gasteiger partial charge is 0.386 e. The Morgan fingerprint density at radius 1 is 0.423 bits per heavy atom. The normalized spacial score (nSPS) is 17.1. The maximum Gasteiger partial charge on any atom is 0.169 e. The minimum atomic E-state index is -0.394. The first kappa shape index (κ1) is 102. The van der Waals surface area contributed by atoms with Crippen molar-refractivity contribution in [3.8, 4) is 0 Å². The molecule has 0 saturated carbocycles. The molecule has 6 aromatic carbocycles. The standard InChI is InChI=1S/2C31H54OS2.2C13H9O.C3H8.C2H5.CH3.2Y/c2*1-10-11-12-18-31(33-19-13-20-34-31)29(32)28-16-14-27(15-17-28)21-30(9,25(7)23(4)5)26(8)24(6)22(2)3;2*14-13(11-7-3-1-4-8-11)12-9-5-2-6-10-12;1-3-2;1-2;;;/h2*14-17,22-26,29,32H,10-13,18-21H2,1-9H3;2*1,3-10H;3H2,1-2H3;1H2,2H3;1H3;;/q;;2*-1;;2*-1;;. The van der Waals surface area contributed by atoms with Gasteiger partial charge in [0.1, 0.15) is 12.2 Å². The summed E-state index contributed by atoms with van der Waals surface area (Å²) in [6.45, 7) is 52.6. The molecule has 576 valence electrons. The predicted molar refractivity (Wildman–Crippen MR) is 457 cm³/mol. The molecule has 2 N–H and O–H groups in total. The van der Waals surface area contributed by atoms with Gasteiger partial charge in [-0.05, 0) is 154 Å². The second-order valence-electron chi connectivity index (χ2n) is 30.8. The Morgan fingerprint density at radius 3 is 0.942 bits per heavy atom. The zero-order valence-electron chi connectivity index (χ0n) is 69.2. The van der Waals surface area contributed by atoms with Gasteiger partial charge in [0.25, 0.3) is 0 Å². The Morgan fingerprint density at radius 2 is 0.692 bits per heavy atom. The number of carbonyl (C=O) groups is 2. The fourth-order valence-electron chi connectivity index (χ4n) is 14.3. The van der Waals surface area contributed by atoms with Crippen molar-refractivity contribution >= 4 is 58.6 Å². The van der Waals surface area contributed by atoms with E-state index in [0.717, 1.165) is 47.9 Å². The number of aliphatic hydroxyl groups is 2. The van der Waals surface area contributed by atoms with Gasteiger partial charge >= 0.3 is 0 Å². The molecule has 2 aliphatic heterocycles. The molecule has 2 radical (unpaired) electrons. The van der Waals surface area contributed by atoms with Gasteiger partial charge in [0.15, 0.2) is 11.6 Å². The summed E-state index contributed by atoms with van der Waals surface area (Å²) in [5.41, 5.74) is 8.37. The van der Waals surface area contributed by atoms with E-state index in [0.29, 0.717) is 70.3 Å². The van der Waals surface area contributed by atoms with Crippen LogP contribution in [-0.4, -0.2) is 52.9 Å². The fraction of sp³-hybridized carbons (Fsp3) is 0.574. The van der Waals surface area contributed by atoms with Crippen molar-refractivity contribution in [2.45, 2.75) is 249 Å². The Kier molecular flexibility index (Phi) is 53.0. The van der Waals surface area contributed by atoms with Crippen molar-refractivity contribution in [3.05, 3.63) is 229 Å². The average molecular weight is 1640 g/mol. The Labute approximate surface area is 707 Å². The number of benzene rings is 6. The molecule has 104 heavy (non-hydrogen) atoms. The van der Waals surface area contributed by atoms with Gasteiger partial charge in [0, 0.05) is 76.5 Å². The molecule has 2 heterocycles. The minimum Gasteiger partial charge on any atom is -0.386 e. The number of ketones is 2. The third-order valence-electron chi connectivity index (χ3n) is 22.7. The first-order chi connectivity index (χ1) is 48.1. The molecule has 0 aliphatic carbocycles. The van der Waals surface area contributed by atoms with Gasteiger partial charge in [0.2, 0.25) is 0 Å². The van der Waals surface area contributed by atoms with Crippen molar-refractivity contribution < 1.29 is 85.2 Å². The predicted octanol–water partition coefficient (Wildman–Crippen LogP) is 27.4. The zero-order valence-corrected chi connectivity index (χ0v) is 78.1. The summed E-state index contributed by atoms with van der Waals surface area (Å²) in [6.07, 6.45) is 14.8. The smallest absolute Gasteiger partial charge is 0.169 e. The molecule has 2 aliphatic rings. The number of carbonyl (C=O) groups excluding carboxylic acids is 2. The van der Waals surface area contributed by atoms with E-state index in [1.165, 1.54) is 91.9 Å². The van der Waals surface area contributed by atoms with E-state index in [9.17, 15) is 19.8 Å². The third kappa shape index (κ3) is 31.8. The first-order valence-corrected chi connectivity index (χ1v) is 43.0. The molecule has 0 bridgehead atoms. The molecule has 10 heteroatoms. The molecule has 6 aromatic rings. The van der Waals surface area contributed by atoms with Crippen LogP contribution in [0, 0.1) is 96.5 Å². The second kappa shape index (κ2) is 54.0. The summed E-state index contributed by atoms with van der Waals surface area (Å²) in [5.74, 6) is 11.5. The van der Waals surface area contributed by atoms with E-state index in [-0.39, 0.29) is 103 Å². The number of hydrogen-bond donors (Lipinski definition) is 2. The van der Waals surface area contributed by atoms with Crippen LogP contribution in [0.15, 0.2) is 158 Å². The molecule has 2 fully saturated rings.